The Balaban J connectivity index is 2.63. The highest BCUT2D eigenvalue weighted by molar-refractivity contribution is 6.32. The Morgan fingerprint density at radius 3 is 2.39 bits per heavy atom. The molecule has 0 radical (unpaired) electrons. The molecule has 1 heterocycles. The van der Waals surface area contributed by atoms with Gasteiger partial charge in [-0.25, -0.2) is 0 Å². The number of fused-ring (bicyclic) bond motifs is 1. The van der Waals surface area contributed by atoms with Gasteiger partial charge in [0.15, 0.2) is 11.5 Å². The molecule has 18 heavy (non-hydrogen) atoms. The van der Waals surface area contributed by atoms with Crippen LogP contribution in [0.5, 0.6) is 11.5 Å². The monoisotopic (exact) mass is 269 g/mol. The molecule has 0 saturated heterocycles. The molecular formula is C14H20ClNO2. The first-order valence-corrected chi connectivity index (χ1v) is 6.76. The average molecular weight is 270 g/mol. The van der Waals surface area contributed by atoms with Crippen LogP contribution in [0, 0.1) is 0 Å². The fourth-order valence-electron chi connectivity index (χ4n) is 2.34. The Hall–Kier alpha value is -0.930. The summed E-state index contributed by atoms with van der Waals surface area (Å²) in [5, 5.41) is 0.615. The molecule has 0 amide bonds. The van der Waals surface area contributed by atoms with Crippen molar-refractivity contribution < 1.29 is 9.47 Å². The molecule has 3 nitrogen and oxygen atoms in total. The lowest BCUT2D eigenvalue weighted by molar-refractivity contribution is 0.169. The first kappa shape index (κ1) is 13.5. The minimum Gasteiger partial charge on any atom is -0.486 e. The van der Waals surface area contributed by atoms with Crippen LogP contribution in [0.3, 0.4) is 0 Å². The molecule has 100 valence electrons. The third-order valence-electron chi connectivity index (χ3n) is 3.30. The van der Waals surface area contributed by atoms with E-state index in [9.17, 15) is 0 Å². The second-order valence-electron chi connectivity index (χ2n) is 5.01. The Labute approximate surface area is 113 Å². The number of benzene rings is 1. The Morgan fingerprint density at radius 2 is 1.83 bits per heavy atom. The third kappa shape index (κ3) is 2.29. The molecule has 1 atom stereocenters. The number of nitrogens with two attached hydrogens (primary N) is 1. The molecule has 4 heteroatoms. The van der Waals surface area contributed by atoms with Crippen molar-refractivity contribution in [1.29, 1.82) is 0 Å². The van der Waals surface area contributed by atoms with Crippen LogP contribution in [-0.4, -0.2) is 19.8 Å². The molecule has 0 spiro atoms. The molecular weight excluding hydrogens is 250 g/mol. The van der Waals surface area contributed by atoms with Crippen molar-refractivity contribution in [2.45, 2.75) is 32.6 Å². The van der Waals surface area contributed by atoms with Crippen LogP contribution in [0.4, 0.5) is 0 Å². The minimum absolute atomic E-state index is 0.260. The van der Waals surface area contributed by atoms with Crippen LogP contribution in [0.15, 0.2) is 6.07 Å². The average Bonchev–Trinajstić information content (AvgIpc) is 2.37. The maximum absolute atomic E-state index is 6.28. The van der Waals surface area contributed by atoms with Crippen molar-refractivity contribution >= 4 is 11.6 Å². The fourth-order valence-corrected chi connectivity index (χ4v) is 2.60. The van der Waals surface area contributed by atoms with Crippen molar-refractivity contribution in [2.24, 2.45) is 5.73 Å². The van der Waals surface area contributed by atoms with Gasteiger partial charge in [-0.05, 0) is 30.0 Å². The van der Waals surface area contributed by atoms with Crippen LogP contribution in [0.2, 0.25) is 5.02 Å². The van der Waals surface area contributed by atoms with Gasteiger partial charge in [-0.15, -0.1) is 0 Å². The smallest absolute Gasteiger partial charge is 0.180 e. The molecule has 0 fully saturated rings. The van der Waals surface area contributed by atoms with Gasteiger partial charge in [-0.2, -0.15) is 0 Å². The highest BCUT2D eigenvalue weighted by Crippen LogP contribution is 2.46. The first-order chi connectivity index (χ1) is 8.56. The normalized spacial score (nSPS) is 15.9. The second-order valence-corrected chi connectivity index (χ2v) is 5.42. The fraction of sp³-hybridized carbons (Fsp3) is 0.571. The van der Waals surface area contributed by atoms with Crippen molar-refractivity contribution in [2.75, 3.05) is 19.8 Å². The summed E-state index contributed by atoms with van der Waals surface area (Å²) in [6.07, 6.45) is 0. The zero-order valence-corrected chi connectivity index (χ0v) is 11.9. The topological polar surface area (TPSA) is 44.5 Å². The summed E-state index contributed by atoms with van der Waals surface area (Å²) in [6, 6.07) is 1.97. The van der Waals surface area contributed by atoms with Gasteiger partial charge >= 0.3 is 0 Å². The summed E-state index contributed by atoms with van der Waals surface area (Å²) in [7, 11) is 0. The second kappa shape index (κ2) is 5.37. The molecule has 0 aliphatic carbocycles. The van der Waals surface area contributed by atoms with Crippen LogP contribution >= 0.6 is 11.6 Å². The predicted octanol–water partition coefficient (Wildman–Crippen LogP) is 3.30. The molecule has 0 aromatic heterocycles. The van der Waals surface area contributed by atoms with E-state index in [2.05, 4.69) is 20.8 Å². The summed E-state index contributed by atoms with van der Waals surface area (Å²) in [5.74, 6) is 2.09. The standard InChI is InChI=1S/C14H20ClNO2/c1-8(2)12-10(9(3)7-16)6-11(15)13-14(12)18-5-4-17-13/h6,8-9H,4-5,7,16H2,1-3H3. The van der Waals surface area contributed by atoms with E-state index in [0.717, 1.165) is 5.75 Å². The zero-order valence-electron chi connectivity index (χ0n) is 11.1. The summed E-state index contributed by atoms with van der Waals surface area (Å²) in [4.78, 5) is 0. The van der Waals surface area contributed by atoms with Crippen molar-refractivity contribution in [3.8, 4) is 11.5 Å². The van der Waals surface area contributed by atoms with E-state index in [4.69, 9.17) is 26.8 Å². The zero-order chi connectivity index (χ0) is 13.3. The Bertz CT molecular complexity index is 446. The SMILES string of the molecule is CC(C)c1c(C(C)CN)cc(Cl)c2c1OCCO2. The van der Waals surface area contributed by atoms with Crippen LogP contribution in [0.25, 0.3) is 0 Å². The van der Waals surface area contributed by atoms with Crippen LogP contribution in [-0.2, 0) is 0 Å². The van der Waals surface area contributed by atoms with Gasteiger partial charge in [0.05, 0.1) is 5.02 Å². The molecule has 1 aromatic rings. The lowest BCUT2D eigenvalue weighted by Crippen LogP contribution is -2.20. The van der Waals surface area contributed by atoms with E-state index in [0.29, 0.717) is 36.4 Å². The van der Waals surface area contributed by atoms with Gasteiger partial charge < -0.3 is 15.2 Å². The van der Waals surface area contributed by atoms with Gasteiger partial charge in [0.2, 0.25) is 0 Å². The van der Waals surface area contributed by atoms with Gasteiger partial charge in [-0.1, -0.05) is 32.4 Å². The number of hydrogen-bond donors (Lipinski definition) is 1. The van der Waals surface area contributed by atoms with E-state index < -0.39 is 0 Å². The third-order valence-corrected chi connectivity index (χ3v) is 3.58. The van der Waals surface area contributed by atoms with E-state index in [1.54, 1.807) is 0 Å². The highest BCUT2D eigenvalue weighted by Gasteiger charge is 2.26. The Morgan fingerprint density at radius 1 is 1.22 bits per heavy atom. The van der Waals surface area contributed by atoms with Gasteiger partial charge in [0.25, 0.3) is 0 Å². The van der Waals surface area contributed by atoms with E-state index in [1.807, 2.05) is 6.07 Å². The number of hydrogen-bond acceptors (Lipinski definition) is 3. The summed E-state index contributed by atoms with van der Waals surface area (Å²) >= 11 is 6.28. The van der Waals surface area contributed by atoms with Gasteiger partial charge in [0, 0.05) is 5.56 Å². The molecule has 0 saturated carbocycles. The van der Waals surface area contributed by atoms with Crippen molar-refractivity contribution in [3.63, 3.8) is 0 Å². The molecule has 2 rings (SSSR count). The first-order valence-electron chi connectivity index (χ1n) is 6.38. The quantitative estimate of drug-likeness (QED) is 0.916. The molecule has 1 aliphatic rings. The van der Waals surface area contributed by atoms with E-state index in [1.165, 1.54) is 11.1 Å². The molecule has 1 aliphatic heterocycles. The predicted molar refractivity (Wildman–Crippen MR) is 74.0 cm³/mol. The molecule has 2 N–H and O–H groups in total. The van der Waals surface area contributed by atoms with Crippen molar-refractivity contribution in [3.05, 3.63) is 22.2 Å². The van der Waals surface area contributed by atoms with Gasteiger partial charge in [-0.3, -0.25) is 0 Å². The molecule has 1 aromatic carbocycles. The lowest BCUT2D eigenvalue weighted by Gasteiger charge is -2.27. The maximum atomic E-state index is 6.28. The summed E-state index contributed by atoms with van der Waals surface area (Å²) < 4.78 is 11.4. The minimum atomic E-state index is 0.260. The highest BCUT2D eigenvalue weighted by atomic mass is 35.5. The van der Waals surface area contributed by atoms with Crippen LogP contribution in [0.1, 0.15) is 43.7 Å². The van der Waals surface area contributed by atoms with E-state index in [-0.39, 0.29) is 5.92 Å². The van der Waals surface area contributed by atoms with Crippen LogP contribution < -0.4 is 15.2 Å². The largest absolute Gasteiger partial charge is 0.486 e. The number of ether oxygens (including phenoxy) is 2. The summed E-state index contributed by atoms with van der Waals surface area (Å²) in [5.41, 5.74) is 8.13. The lowest BCUT2D eigenvalue weighted by atomic mass is 9.88. The number of halogens is 1. The Kier molecular flexibility index (Phi) is 4.03. The number of rotatable bonds is 3. The van der Waals surface area contributed by atoms with E-state index >= 15 is 0 Å². The molecule has 1 unspecified atom stereocenters. The maximum Gasteiger partial charge on any atom is 0.180 e. The van der Waals surface area contributed by atoms with Gasteiger partial charge in [0.1, 0.15) is 13.2 Å². The molecule has 0 bridgehead atoms. The summed E-state index contributed by atoms with van der Waals surface area (Å²) in [6.45, 7) is 8.12. The van der Waals surface area contributed by atoms with Crippen molar-refractivity contribution in [1.82, 2.24) is 0 Å².